The highest BCUT2D eigenvalue weighted by Gasteiger charge is 2.53. The topological polar surface area (TPSA) is 307 Å². The van der Waals surface area contributed by atoms with Gasteiger partial charge in [-0.05, 0) is 96.3 Å². The second-order valence-electron chi connectivity index (χ2n) is 24.9. The van der Waals surface area contributed by atoms with Crippen molar-refractivity contribution >= 4 is 5.91 Å². The van der Waals surface area contributed by atoms with E-state index in [-0.39, 0.29) is 18.9 Å². The van der Waals surface area contributed by atoms with E-state index in [1.807, 2.05) is 6.08 Å². The van der Waals surface area contributed by atoms with Crippen LogP contribution in [0, 0.1) is 0 Å². The predicted molar refractivity (Wildman–Crippen MR) is 364 cm³/mol. The van der Waals surface area contributed by atoms with Crippen molar-refractivity contribution in [2.24, 2.45) is 0 Å². The number of allylic oxidation sites excluding steroid dienone is 17. The summed E-state index contributed by atoms with van der Waals surface area (Å²) >= 11 is 0. The number of carbonyl (C=O) groups is 1. The first-order chi connectivity index (χ1) is 45.3. The molecule has 0 aromatic rings. The Balaban J connectivity index is 1.38. The van der Waals surface area contributed by atoms with E-state index in [0.717, 1.165) is 96.3 Å². The Hall–Kier alpha value is -3.55. The highest BCUT2D eigenvalue weighted by atomic mass is 16.8. The minimum atomic E-state index is -1.99. The standard InChI is InChI=1S/C74H125NO18/c1-3-5-7-9-11-13-15-17-19-20-21-22-23-24-25-26-27-28-29-30-31-32-33-34-35-36-38-40-42-44-46-48-50-52-62(80)75-57(58(79)51-49-47-45-43-41-39-37-18-16-14-12-10-8-6-4-2)56-88-72-68(86)65(83)70(60(54-77)90-72)93-74-69(87)66(84)71(61(55-78)91-74)92-73-67(85)64(82)63(81)59(53-76)89-73/h5,7,11,13,16-19,21-22,24-25,27-28,41,43,49,51,57-61,63-74,76-79,81-87H,3-4,6,8-10,12,14-15,20,23,26,29-40,42,44-48,50,52-56H2,1-2H3,(H,75,80)/b7-5-,13-11-,18-16+,19-17-,22-21-,25-24-,28-27-,43-41+,51-49+. The van der Waals surface area contributed by atoms with Gasteiger partial charge in [0.15, 0.2) is 18.9 Å². The first-order valence-electron chi connectivity index (χ1n) is 35.6. The van der Waals surface area contributed by atoms with Crippen LogP contribution in [0.25, 0.3) is 0 Å². The molecule has 17 atom stereocenters. The normalized spacial score (nSPS) is 28.2. The van der Waals surface area contributed by atoms with Gasteiger partial charge in [-0.3, -0.25) is 4.79 Å². The van der Waals surface area contributed by atoms with Crippen LogP contribution in [-0.4, -0.2) is 193 Å². The van der Waals surface area contributed by atoms with Crippen molar-refractivity contribution in [1.29, 1.82) is 0 Å². The molecule has 0 aromatic carbocycles. The van der Waals surface area contributed by atoms with Crippen molar-refractivity contribution in [3.8, 4) is 0 Å². The molecule has 0 radical (unpaired) electrons. The molecule has 0 saturated carbocycles. The lowest BCUT2D eigenvalue weighted by atomic mass is 9.96. The summed E-state index contributed by atoms with van der Waals surface area (Å²) in [6, 6.07) is -1.00. The van der Waals surface area contributed by atoms with Gasteiger partial charge >= 0.3 is 0 Å². The molecule has 534 valence electrons. The highest BCUT2D eigenvalue weighted by molar-refractivity contribution is 5.76. The molecule has 17 unspecified atom stereocenters. The monoisotopic (exact) mass is 1320 g/mol. The molecule has 0 bridgehead atoms. The molecule has 3 aliphatic rings. The second kappa shape index (κ2) is 54.5. The number of hydrogen-bond acceptors (Lipinski definition) is 18. The van der Waals surface area contributed by atoms with Crippen LogP contribution in [-0.2, 0) is 33.2 Å². The van der Waals surface area contributed by atoms with Crippen molar-refractivity contribution in [1.82, 2.24) is 5.32 Å². The summed E-state index contributed by atoms with van der Waals surface area (Å²) in [6.07, 6.45) is 46.4. The van der Waals surface area contributed by atoms with Crippen LogP contribution in [0.15, 0.2) is 109 Å². The first kappa shape index (κ1) is 83.7. The number of rotatable bonds is 53. The molecule has 3 rings (SSSR count). The molecular weight excluding hydrogens is 1190 g/mol. The Morgan fingerprint density at radius 2 is 0.753 bits per heavy atom. The van der Waals surface area contributed by atoms with E-state index in [4.69, 9.17) is 28.4 Å². The summed E-state index contributed by atoms with van der Waals surface area (Å²) in [7, 11) is 0. The Kier molecular flexibility index (Phi) is 49.0. The fraction of sp³-hybridized carbons (Fsp3) is 0.743. The second-order valence-corrected chi connectivity index (χ2v) is 24.9. The lowest BCUT2D eigenvalue weighted by molar-refractivity contribution is -0.379. The number of amides is 1. The Morgan fingerprint density at radius 3 is 1.20 bits per heavy atom. The zero-order chi connectivity index (χ0) is 67.5. The average molecular weight is 1320 g/mol. The van der Waals surface area contributed by atoms with Crippen molar-refractivity contribution in [2.45, 2.75) is 324 Å². The summed E-state index contributed by atoms with van der Waals surface area (Å²) in [5, 5.41) is 120. The zero-order valence-corrected chi connectivity index (χ0v) is 56.4. The summed E-state index contributed by atoms with van der Waals surface area (Å²) in [4.78, 5) is 13.4. The van der Waals surface area contributed by atoms with E-state index in [9.17, 15) is 61.0 Å². The van der Waals surface area contributed by atoms with E-state index in [0.29, 0.717) is 12.8 Å². The molecule has 0 aliphatic carbocycles. The number of hydrogen-bond donors (Lipinski definition) is 12. The summed E-state index contributed by atoms with van der Waals surface area (Å²) in [5.74, 6) is -0.295. The van der Waals surface area contributed by atoms with Crippen LogP contribution in [0.1, 0.15) is 219 Å². The minimum Gasteiger partial charge on any atom is -0.394 e. The van der Waals surface area contributed by atoms with Gasteiger partial charge in [0.05, 0.1) is 38.6 Å². The molecule has 3 fully saturated rings. The smallest absolute Gasteiger partial charge is 0.220 e. The van der Waals surface area contributed by atoms with Gasteiger partial charge in [0.1, 0.15) is 73.2 Å². The molecule has 93 heavy (non-hydrogen) atoms. The van der Waals surface area contributed by atoms with Crippen molar-refractivity contribution in [2.75, 3.05) is 26.4 Å². The van der Waals surface area contributed by atoms with E-state index in [2.05, 4.69) is 116 Å². The molecule has 0 spiro atoms. The molecule has 19 heteroatoms. The van der Waals surface area contributed by atoms with Gasteiger partial charge in [-0.15, -0.1) is 0 Å². The number of unbranched alkanes of at least 4 members (excludes halogenated alkanes) is 21. The highest BCUT2D eigenvalue weighted by Crippen LogP contribution is 2.33. The van der Waals surface area contributed by atoms with Gasteiger partial charge in [-0.1, -0.05) is 226 Å². The summed E-state index contributed by atoms with van der Waals surface area (Å²) in [5.41, 5.74) is 0. The molecule has 1 amide bonds. The van der Waals surface area contributed by atoms with Gasteiger partial charge in [0.2, 0.25) is 5.91 Å². The molecule has 3 aliphatic heterocycles. The predicted octanol–water partition coefficient (Wildman–Crippen LogP) is 9.83. The van der Waals surface area contributed by atoms with E-state index in [1.165, 1.54) is 89.9 Å². The van der Waals surface area contributed by atoms with Gasteiger partial charge < -0.3 is 89.9 Å². The van der Waals surface area contributed by atoms with Crippen molar-refractivity contribution < 1.29 is 89.4 Å². The molecule has 0 aromatic heterocycles. The van der Waals surface area contributed by atoms with E-state index >= 15 is 0 Å². The SMILES string of the molecule is CC/C=C\C/C=C\C/C=C\C/C=C\C/C=C\C/C=C\CCCCCCCCCCCCCCCCC(=O)NC(COC1OC(CO)C(OC2OC(CO)C(OC3OC(CO)C(O)C(O)C3O)C(O)C2O)C(O)C1O)C(O)/C=C/CC/C=C/CC/C=C/CCCCCCC. The third-order valence-corrected chi connectivity index (χ3v) is 17.0. The summed E-state index contributed by atoms with van der Waals surface area (Å²) in [6.45, 7) is 1.56. The molecule has 3 saturated heterocycles. The Labute approximate surface area is 557 Å². The largest absolute Gasteiger partial charge is 0.394 e. The van der Waals surface area contributed by atoms with Gasteiger partial charge in [0.25, 0.3) is 0 Å². The van der Waals surface area contributed by atoms with Gasteiger partial charge in [-0.2, -0.15) is 0 Å². The summed E-state index contributed by atoms with van der Waals surface area (Å²) < 4.78 is 34.3. The Bertz CT molecular complexity index is 2110. The average Bonchev–Trinajstić information content (AvgIpc) is 0.902. The van der Waals surface area contributed by atoms with Crippen LogP contribution in [0.5, 0.6) is 0 Å². The van der Waals surface area contributed by atoms with E-state index < -0.39 is 124 Å². The third kappa shape index (κ3) is 36.0. The lowest BCUT2D eigenvalue weighted by Crippen LogP contribution is -2.66. The van der Waals surface area contributed by atoms with Crippen LogP contribution in [0.4, 0.5) is 0 Å². The van der Waals surface area contributed by atoms with Crippen LogP contribution in [0.3, 0.4) is 0 Å². The zero-order valence-electron chi connectivity index (χ0n) is 56.4. The van der Waals surface area contributed by atoms with Gasteiger partial charge in [0, 0.05) is 6.42 Å². The molecule has 3 heterocycles. The Morgan fingerprint density at radius 1 is 0.398 bits per heavy atom. The quantitative estimate of drug-likeness (QED) is 0.0199. The molecular formula is C74H125NO18. The van der Waals surface area contributed by atoms with E-state index in [1.54, 1.807) is 6.08 Å². The fourth-order valence-corrected chi connectivity index (χ4v) is 11.3. The number of carbonyl (C=O) groups excluding carboxylic acids is 1. The molecule has 19 nitrogen and oxygen atoms in total. The van der Waals surface area contributed by atoms with Crippen molar-refractivity contribution in [3.05, 3.63) is 109 Å². The number of ether oxygens (including phenoxy) is 6. The van der Waals surface area contributed by atoms with Crippen molar-refractivity contribution in [3.63, 3.8) is 0 Å². The maximum absolute atomic E-state index is 13.4. The lowest BCUT2D eigenvalue weighted by Gasteiger charge is -2.48. The van der Waals surface area contributed by atoms with Crippen LogP contribution >= 0.6 is 0 Å². The molecule has 12 N–H and O–H groups in total. The number of nitrogens with one attached hydrogen (secondary N) is 1. The van der Waals surface area contributed by atoms with Gasteiger partial charge in [-0.25, -0.2) is 0 Å². The maximum Gasteiger partial charge on any atom is 0.220 e. The van der Waals surface area contributed by atoms with Crippen LogP contribution < -0.4 is 5.32 Å². The maximum atomic E-state index is 13.4. The fourth-order valence-electron chi connectivity index (χ4n) is 11.3. The first-order valence-corrected chi connectivity index (χ1v) is 35.6. The van der Waals surface area contributed by atoms with Crippen LogP contribution in [0.2, 0.25) is 0 Å². The number of aliphatic hydroxyl groups is 11. The third-order valence-electron chi connectivity index (χ3n) is 17.0. The number of aliphatic hydroxyl groups excluding tert-OH is 11. The minimum absolute atomic E-state index is 0.225.